The second-order valence-electron chi connectivity index (χ2n) is 4.39. The van der Waals surface area contributed by atoms with E-state index in [0.717, 1.165) is 11.1 Å². The molecular formula is C16H16ClNO. The molecule has 0 aliphatic carbocycles. The topological polar surface area (TPSA) is 29.1 Å². The first-order chi connectivity index (χ1) is 9.24. The third kappa shape index (κ3) is 4.76. The van der Waals surface area contributed by atoms with Crippen molar-refractivity contribution < 1.29 is 4.79 Å². The minimum atomic E-state index is 0.0591. The molecule has 2 rings (SSSR count). The van der Waals surface area contributed by atoms with Crippen LogP contribution >= 0.6 is 11.6 Å². The van der Waals surface area contributed by atoms with E-state index in [4.69, 9.17) is 11.6 Å². The van der Waals surface area contributed by atoms with Crippen LogP contribution < -0.4 is 5.32 Å². The molecule has 2 aromatic carbocycles. The van der Waals surface area contributed by atoms with Crippen molar-refractivity contribution in [1.29, 1.82) is 0 Å². The fraction of sp³-hybridized carbons (Fsp3) is 0.188. The number of benzene rings is 2. The van der Waals surface area contributed by atoms with Crippen LogP contribution in [-0.2, 0) is 17.8 Å². The van der Waals surface area contributed by atoms with Crippen LogP contribution in [0, 0.1) is 0 Å². The van der Waals surface area contributed by atoms with Crippen LogP contribution in [0.2, 0.25) is 5.02 Å². The van der Waals surface area contributed by atoms with Crippen LogP contribution in [0.15, 0.2) is 54.6 Å². The van der Waals surface area contributed by atoms with E-state index in [9.17, 15) is 4.79 Å². The molecule has 0 saturated carbocycles. The number of halogens is 1. The van der Waals surface area contributed by atoms with Crippen molar-refractivity contribution in [1.82, 2.24) is 5.32 Å². The molecule has 19 heavy (non-hydrogen) atoms. The van der Waals surface area contributed by atoms with E-state index in [1.165, 1.54) is 0 Å². The fourth-order valence-corrected chi connectivity index (χ4v) is 2.05. The third-order valence-electron chi connectivity index (χ3n) is 2.86. The molecular weight excluding hydrogens is 258 g/mol. The molecule has 0 spiro atoms. The van der Waals surface area contributed by atoms with E-state index in [-0.39, 0.29) is 5.91 Å². The van der Waals surface area contributed by atoms with Gasteiger partial charge >= 0.3 is 0 Å². The van der Waals surface area contributed by atoms with Gasteiger partial charge in [0, 0.05) is 18.0 Å². The highest BCUT2D eigenvalue weighted by Crippen LogP contribution is 2.12. The summed E-state index contributed by atoms with van der Waals surface area (Å²) >= 11 is 5.90. The quantitative estimate of drug-likeness (QED) is 0.886. The van der Waals surface area contributed by atoms with Crippen LogP contribution in [0.25, 0.3) is 0 Å². The summed E-state index contributed by atoms with van der Waals surface area (Å²) in [6.07, 6.45) is 1.19. The molecule has 2 aromatic rings. The lowest BCUT2D eigenvalue weighted by molar-refractivity contribution is -0.121. The van der Waals surface area contributed by atoms with E-state index in [1.807, 2.05) is 54.6 Å². The second-order valence-corrected chi connectivity index (χ2v) is 4.83. The summed E-state index contributed by atoms with van der Waals surface area (Å²) in [4.78, 5) is 11.7. The van der Waals surface area contributed by atoms with Crippen LogP contribution in [0.4, 0.5) is 0 Å². The largest absolute Gasteiger partial charge is 0.352 e. The predicted octanol–water partition coefficient (Wildman–Crippen LogP) is 3.59. The van der Waals surface area contributed by atoms with E-state index in [0.29, 0.717) is 24.4 Å². The summed E-state index contributed by atoms with van der Waals surface area (Å²) in [7, 11) is 0. The number of hydrogen-bond acceptors (Lipinski definition) is 1. The lowest BCUT2D eigenvalue weighted by Crippen LogP contribution is -2.22. The standard InChI is InChI=1S/C16H16ClNO/c17-15-8-4-7-13(11-15)9-10-16(19)18-12-14-5-2-1-3-6-14/h1-8,11H,9-10,12H2,(H,18,19). The van der Waals surface area contributed by atoms with Crippen molar-refractivity contribution in [2.75, 3.05) is 0 Å². The van der Waals surface area contributed by atoms with Crippen molar-refractivity contribution in [3.05, 3.63) is 70.7 Å². The van der Waals surface area contributed by atoms with Gasteiger partial charge in [0.25, 0.3) is 0 Å². The smallest absolute Gasteiger partial charge is 0.220 e. The minimum absolute atomic E-state index is 0.0591. The summed E-state index contributed by atoms with van der Waals surface area (Å²) in [6.45, 7) is 0.579. The first kappa shape index (κ1) is 13.6. The van der Waals surface area contributed by atoms with E-state index < -0.39 is 0 Å². The zero-order chi connectivity index (χ0) is 13.5. The van der Waals surface area contributed by atoms with Crippen molar-refractivity contribution in [3.8, 4) is 0 Å². The Hall–Kier alpha value is -1.80. The molecule has 2 nitrogen and oxygen atoms in total. The van der Waals surface area contributed by atoms with E-state index in [2.05, 4.69) is 5.32 Å². The molecule has 0 bridgehead atoms. The van der Waals surface area contributed by atoms with Crippen molar-refractivity contribution in [2.24, 2.45) is 0 Å². The third-order valence-corrected chi connectivity index (χ3v) is 3.10. The lowest BCUT2D eigenvalue weighted by Gasteiger charge is -2.05. The summed E-state index contributed by atoms with van der Waals surface area (Å²) in [5.41, 5.74) is 2.20. The van der Waals surface area contributed by atoms with Crippen molar-refractivity contribution in [3.63, 3.8) is 0 Å². The summed E-state index contributed by atoms with van der Waals surface area (Å²) < 4.78 is 0. The van der Waals surface area contributed by atoms with E-state index in [1.54, 1.807) is 0 Å². The maximum Gasteiger partial charge on any atom is 0.220 e. The van der Waals surface area contributed by atoms with Gasteiger partial charge in [-0.1, -0.05) is 54.1 Å². The molecule has 1 amide bonds. The monoisotopic (exact) mass is 273 g/mol. The van der Waals surface area contributed by atoms with Crippen molar-refractivity contribution >= 4 is 17.5 Å². The molecule has 0 saturated heterocycles. The summed E-state index contributed by atoms with van der Waals surface area (Å²) in [6, 6.07) is 17.5. The van der Waals surface area contributed by atoms with Gasteiger partial charge < -0.3 is 5.32 Å². The van der Waals surface area contributed by atoms with Gasteiger partial charge in [0.15, 0.2) is 0 Å². The van der Waals surface area contributed by atoms with Gasteiger partial charge in [-0.15, -0.1) is 0 Å². The highest BCUT2D eigenvalue weighted by Gasteiger charge is 2.02. The first-order valence-corrected chi connectivity index (χ1v) is 6.67. The molecule has 0 atom stereocenters. The Bertz CT molecular complexity index is 539. The number of aryl methyl sites for hydroxylation is 1. The Balaban J connectivity index is 1.76. The number of amides is 1. The second kappa shape index (κ2) is 6.95. The van der Waals surface area contributed by atoms with Gasteiger partial charge in [-0.05, 0) is 29.7 Å². The van der Waals surface area contributed by atoms with Crippen LogP contribution in [0.3, 0.4) is 0 Å². The molecule has 3 heteroatoms. The molecule has 0 radical (unpaired) electrons. The van der Waals surface area contributed by atoms with Gasteiger partial charge in [0.05, 0.1) is 0 Å². The molecule has 0 aliphatic heterocycles. The average molecular weight is 274 g/mol. The summed E-state index contributed by atoms with van der Waals surface area (Å²) in [5, 5.41) is 3.62. The predicted molar refractivity (Wildman–Crippen MR) is 78.1 cm³/mol. The van der Waals surface area contributed by atoms with Gasteiger partial charge in [0.2, 0.25) is 5.91 Å². The molecule has 0 aromatic heterocycles. The normalized spacial score (nSPS) is 10.2. The highest BCUT2D eigenvalue weighted by atomic mass is 35.5. The SMILES string of the molecule is O=C(CCc1cccc(Cl)c1)NCc1ccccc1. The Labute approximate surface area is 118 Å². The highest BCUT2D eigenvalue weighted by molar-refractivity contribution is 6.30. The molecule has 98 valence electrons. The molecule has 0 aliphatic rings. The maximum atomic E-state index is 11.7. The zero-order valence-corrected chi connectivity index (χ0v) is 11.4. The van der Waals surface area contributed by atoms with Crippen LogP contribution in [-0.4, -0.2) is 5.91 Å². The maximum absolute atomic E-state index is 11.7. The number of hydrogen-bond donors (Lipinski definition) is 1. The average Bonchev–Trinajstić information content (AvgIpc) is 2.44. The van der Waals surface area contributed by atoms with Gasteiger partial charge in [0.1, 0.15) is 0 Å². The van der Waals surface area contributed by atoms with Crippen LogP contribution in [0.1, 0.15) is 17.5 Å². The number of carbonyl (C=O) groups excluding carboxylic acids is 1. The zero-order valence-electron chi connectivity index (χ0n) is 10.6. The molecule has 0 fully saturated rings. The number of nitrogens with one attached hydrogen (secondary N) is 1. The van der Waals surface area contributed by atoms with Crippen molar-refractivity contribution in [2.45, 2.75) is 19.4 Å². The Morgan fingerprint density at radius 2 is 1.74 bits per heavy atom. The minimum Gasteiger partial charge on any atom is -0.352 e. The van der Waals surface area contributed by atoms with Gasteiger partial charge in [-0.2, -0.15) is 0 Å². The Kier molecular flexibility index (Phi) is 4.99. The Morgan fingerprint density at radius 3 is 2.47 bits per heavy atom. The summed E-state index contributed by atoms with van der Waals surface area (Å²) in [5.74, 6) is 0.0591. The van der Waals surface area contributed by atoms with Gasteiger partial charge in [-0.25, -0.2) is 0 Å². The van der Waals surface area contributed by atoms with Crippen LogP contribution in [0.5, 0.6) is 0 Å². The molecule has 0 heterocycles. The van der Waals surface area contributed by atoms with Gasteiger partial charge in [-0.3, -0.25) is 4.79 Å². The number of rotatable bonds is 5. The lowest BCUT2D eigenvalue weighted by atomic mass is 10.1. The Morgan fingerprint density at radius 1 is 1.00 bits per heavy atom. The fourth-order valence-electron chi connectivity index (χ4n) is 1.84. The first-order valence-electron chi connectivity index (χ1n) is 6.29. The number of carbonyl (C=O) groups is 1. The van der Waals surface area contributed by atoms with E-state index >= 15 is 0 Å². The molecule has 1 N–H and O–H groups in total. The molecule has 0 unspecified atom stereocenters.